The second-order valence-electron chi connectivity index (χ2n) is 6.95. The van der Waals surface area contributed by atoms with Crippen molar-refractivity contribution in [2.24, 2.45) is 0 Å². The fraction of sp³-hybridized carbons (Fsp3) is 0.409. The number of methoxy groups -OCH3 is 1. The highest BCUT2D eigenvalue weighted by atomic mass is 35.5. The van der Waals surface area contributed by atoms with Gasteiger partial charge in [-0.3, -0.25) is 4.90 Å². The Labute approximate surface area is 171 Å². The molecule has 2 aromatic carbocycles. The molecule has 0 fully saturated rings. The largest absolute Gasteiger partial charge is 0.495 e. The molecule has 28 heavy (non-hydrogen) atoms. The number of urea groups is 1. The first-order valence-corrected chi connectivity index (χ1v) is 9.93. The fourth-order valence-corrected chi connectivity index (χ4v) is 3.45. The van der Waals surface area contributed by atoms with Crippen LogP contribution in [0, 0.1) is 5.82 Å². The minimum atomic E-state index is -0.616. The molecule has 152 valence electrons. The van der Waals surface area contributed by atoms with Crippen molar-refractivity contribution in [3.8, 4) is 5.75 Å². The van der Waals surface area contributed by atoms with Gasteiger partial charge >= 0.3 is 6.03 Å². The molecule has 6 heteroatoms. The van der Waals surface area contributed by atoms with Gasteiger partial charge in [-0.05, 0) is 30.4 Å². The van der Waals surface area contributed by atoms with E-state index < -0.39 is 5.82 Å². The topological polar surface area (TPSA) is 41.6 Å². The molecule has 0 atom stereocenters. The van der Waals surface area contributed by atoms with Gasteiger partial charge in [0.25, 0.3) is 0 Å². The Morgan fingerprint density at radius 2 is 1.86 bits per heavy atom. The number of hydrogen-bond acceptors (Lipinski definition) is 2. The van der Waals surface area contributed by atoms with E-state index >= 15 is 0 Å². The van der Waals surface area contributed by atoms with Crippen molar-refractivity contribution in [1.29, 1.82) is 0 Å². The lowest BCUT2D eigenvalue weighted by atomic mass is 9.99. The molecule has 2 amide bonds. The Balaban J connectivity index is 2.49. The summed E-state index contributed by atoms with van der Waals surface area (Å²) in [5, 5.41) is 2.75. The maximum absolute atomic E-state index is 14.0. The quantitative estimate of drug-likeness (QED) is 0.546. The van der Waals surface area contributed by atoms with Crippen LogP contribution >= 0.6 is 11.6 Å². The van der Waals surface area contributed by atoms with E-state index in [9.17, 15) is 9.18 Å². The average Bonchev–Trinajstić information content (AvgIpc) is 2.68. The summed E-state index contributed by atoms with van der Waals surface area (Å²) in [5.74, 6) is -0.0563. The number of halogens is 2. The van der Waals surface area contributed by atoms with Gasteiger partial charge in [-0.2, -0.15) is 0 Å². The Hall–Kier alpha value is -2.27. The molecule has 2 rings (SSSR count). The Kier molecular flexibility index (Phi) is 7.69. The van der Waals surface area contributed by atoms with E-state index in [1.165, 1.54) is 19.2 Å². The van der Waals surface area contributed by atoms with Crippen LogP contribution in [0.15, 0.2) is 36.4 Å². The van der Waals surface area contributed by atoms with Gasteiger partial charge in [0.05, 0.1) is 17.8 Å². The molecule has 0 aliphatic carbocycles. The zero-order valence-electron chi connectivity index (χ0n) is 17.1. The van der Waals surface area contributed by atoms with Crippen LogP contribution in [-0.2, 0) is 0 Å². The molecule has 0 saturated heterocycles. The van der Waals surface area contributed by atoms with Gasteiger partial charge in [-0.1, -0.05) is 57.5 Å². The van der Waals surface area contributed by atoms with Crippen LogP contribution in [-0.4, -0.2) is 19.2 Å². The Bertz CT molecular complexity index is 822. The van der Waals surface area contributed by atoms with Gasteiger partial charge < -0.3 is 10.1 Å². The second kappa shape index (κ2) is 9.78. The van der Waals surface area contributed by atoms with E-state index in [1.807, 2.05) is 24.3 Å². The summed E-state index contributed by atoms with van der Waals surface area (Å²) in [4.78, 5) is 15.1. The summed E-state index contributed by atoms with van der Waals surface area (Å²) in [6, 6.07) is 10.1. The maximum Gasteiger partial charge on any atom is 0.326 e. The SMILES string of the molecule is CCC(CC)N(C(=O)Nc1cc(F)c(Cl)cc1OC)c1ccccc1C(C)C. The van der Waals surface area contributed by atoms with Crippen LogP contribution in [0.2, 0.25) is 5.02 Å². The third-order valence-electron chi connectivity index (χ3n) is 4.83. The predicted molar refractivity (Wildman–Crippen MR) is 114 cm³/mol. The lowest BCUT2D eigenvalue weighted by Crippen LogP contribution is -2.43. The van der Waals surface area contributed by atoms with Crippen molar-refractivity contribution in [1.82, 2.24) is 0 Å². The molecule has 0 bridgehead atoms. The number of para-hydroxylation sites is 1. The number of amides is 2. The molecular formula is C22H28ClFN2O2. The highest BCUT2D eigenvalue weighted by Gasteiger charge is 2.26. The van der Waals surface area contributed by atoms with Crippen molar-refractivity contribution in [2.75, 3.05) is 17.3 Å². The first-order valence-electron chi connectivity index (χ1n) is 9.56. The van der Waals surface area contributed by atoms with Crippen molar-refractivity contribution >= 4 is 29.0 Å². The zero-order chi connectivity index (χ0) is 20.8. The number of anilines is 2. The van der Waals surface area contributed by atoms with Gasteiger partial charge in [0, 0.05) is 23.9 Å². The number of rotatable bonds is 7. The number of carbonyl (C=O) groups is 1. The summed E-state index contributed by atoms with van der Waals surface area (Å²) in [7, 11) is 1.45. The molecule has 0 radical (unpaired) electrons. The van der Waals surface area contributed by atoms with Crippen LogP contribution in [0.5, 0.6) is 5.75 Å². The number of nitrogens with one attached hydrogen (secondary N) is 1. The molecule has 0 heterocycles. The van der Waals surface area contributed by atoms with E-state index in [1.54, 1.807) is 4.90 Å². The van der Waals surface area contributed by atoms with Crippen molar-refractivity contribution in [2.45, 2.75) is 52.5 Å². The Morgan fingerprint density at radius 1 is 1.21 bits per heavy atom. The monoisotopic (exact) mass is 406 g/mol. The molecule has 2 aromatic rings. The number of ether oxygens (including phenoxy) is 1. The van der Waals surface area contributed by atoms with Crippen molar-refractivity contribution < 1.29 is 13.9 Å². The zero-order valence-corrected chi connectivity index (χ0v) is 17.8. The van der Waals surface area contributed by atoms with Crippen LogP contribution < -0.4 is 15.0 Å². The normalized spacial score (nSPS) is 11.0. The van der Waals surface area contributed by atoms with Crippen LogP contribution in [0.4, 0.5) is 20.6 Å². The summed E-state index contributed by atoms with van der Waals surface area (Å²) in [5.41, 5.74) is 2.18. The maximum atomic E-state index is 14.0. The minimum absolute atomic E-state index is 0.00282. The van der Waals surface area contributed by atoms with Crippen molar-refractivity contribution in [3.63, 3.8) is 0 Å². The molecule has 0 spiro atoms. The highest BCUT2D eigenvalue weighted by Crippen LogP contribution is 2.33. The predicted octanol–water partition coefficient (Wildman–Crippen LogP) is 6.84. The molecule has 0 aliphatic heterocycles. The molecule has 0 unspecified atom stereocenters. The van der Waals surface area contributed by atoms with E-state index in [0.717, 1.165) is 24.1 Å². The fourth-order valence-electron chi connectivity index (χ4n) is 3.29. The molecular weight excluding hydrogens is 379 g/mol. The lowest BCUT2D eigenvalue weighted by molar-refractivity contribution is 0.254. The van der Waals surface area contributed by atoms with Gasteiger partial charge in [0.15, 0.2) is 0 Å². The summed E-state index contributed by atoms with van der Waals surface area (Å²) in [6.45, 7) is 8.29. The second-order valence-corrected chi connectivity index (χ2v) is 7.36. The first-order chi connectivity index (χ1) is 13.3. The average molecular weight is 407 g/mol. The van der Waals surface area contributed by atoms with Gasteiger partial charge in [-0.15, -0.1) is 0 Å². The summed E-state index contributed by atoms with van der Waals surface area (Å²) < 4.78 is 19.2. The van der Waals surface area contributed by atoms with E-state index in [-0.39, 0.29) is 28.7 Å². The van der Waals surface area contributed by atoms with E-state index in [2.05, 4.69) is 33.0 Å². The first kappa shape index (κ1) is 22.0. The number of benzene rings is 2. The standard InChI is InChI=1S/C22H28ClFN2O2/c1-6-15(7-2)26(20-11-9-8-10-16(20)14(3)4)22(27)25-19-13-18(24)17(23)12-21(19)28-5/h8-15H,6-7H2,1-5H3,(H,25,27). The minimum Gasteiger partial charge on any atom is -0.495 e. The van der Waals surface area contributed by atoms with Gasteiger partial charge in [-0.25, -0.2) is 9.18 Å². The van der Waals surface area contributed by atoms with Crippen LogP contribution in [0.1, 0.15) is 52.0 Å². The van der Waals surface area contributed by atoms with Crippen LogP contribution in [0.3, 0.4) is 0 Å². The third-order valence-corrected chi connectivity index (χ3v) is 5.12. The molecule has 0 saturated carbocycles. The van der Waals surface area contributed by atoms with Crippen molar-refractivity contribution in [3.05, 3.63) is 52.8 Å². The number of nitrogens with zero attached hydrogens (tertiary/aromatic N) is 1. The highest BCUT2D eigenvalue weighted by molar-refractivity contribution is 6.31. The molecule has 1 N–H and O–H groups in total. The van der Waals surface area contributed by atoms with Gasteiger partial charge in [0.1, 0.15) is 11.6 Å². The number of hydrogen-bond donors (Lipinski definition) is 1. The smallest absolute Gasteiger partial charge is 0.326 e. The number of carbonyl (C=O) groups excluding carboxylic acids is 1. The Morgan fingerprint density at radius 3 is 2.43 bits per heavy atom. The molecule has 0 aromatic heterocycles. The summed E-state index contributed by atoms with van der Waals surface area (Å²) in [6.07, 6.45) is 1.59. The molecule has 0 aliphatic rings. The lowest BCUT2D eigenvalue weighted by Gasteiger charge is -2.33. The van der Waals surface area contributed by atoms with Gasteiger partial charge in [0.2, 0.25) is 0 Å². The van der Waals surface area contributed by atoms with Crippen LogP contribution in [0.25, 0.3) is 0 Å². The third kappa shape index (κ3) is 4.76. The van der Waals surface area contributed by atoms with E-state index in [4.69, 9.17) is 16.3 Å². The van der Waals surface area contributed by atoms with E-state index in [0.29, 0.717) is 5.75 Å². The summed E-state index contributed by atoms with van der Waals surface area (Å²) >= 11 is 5.83. The molecule has 4 nitrogen and oxygen atoms in total.